The third-order valence-electron chi connectivity index (χ3n) is 4.13. The van der Waals surface area contributed by atoms with Crippen molar-refractivity contribution in [3.63, 3.8) is 0 Å². The van der Waals surface area contributed by atoms with Crippen molar-refractivity contribution in [2.24, 2.45) is 4.99 Å². The van der Waals surface area contributed by atoms with Crippen molar-refractivity contribution in [3.8, 4) is 5.75 Å². The van der Waals surface area contributed by atoms with Crippen LogP contribution in [-0.2, 0) is 14.9 Å². The second-order valence-electron chi connectivity index (χ2n) is 7.13. The van der Waals surface area contributed by atoms with E-state index >= 15 is 0 Å². The molecule has 1 aliphatic rings. The van der Waals surface area contributed by atoms with Crippen LogP contribution < -0.4 is 4.74 Å². The molecule has 4 nitrogen and oxygen atoms in total. The van der Waals surface area contributed by atoms with Gasteiger partial charge in [0.1, 0.15) is 5.75 Å². The zero-order valence-electron chi connectivity index (χ0n) is 15.6. The molecule has 1 aliphatic heterocycles. The molecule has 1 heterocycles. The lowest BCUT2D eigenvalue weighted by atomic mass is 9.87. The molecule has 0 bridgehead atoms. The van der Waals surface area contributed by atoms with Crippen molar-refractivity contribution in [1.29, 1.82) is 0 Å². The van der Waals surface area contributed by atoms with Gasteiger partial charge in [-0.1, -0.05) is 51.1 Å². The van der Waals surface area contributed by atoms with Gasteiger partial charge in [-0.2, -0.15) is 0 Å². The molecule has 0 spiro atoms. The van der Waals surface area contributed by atoms with Gasteiger partial charge in [0, 0.05) is 11.1 Å². The van der Waals surface area contributed by atoms with Crippen molar-refractivity contribution in [2.75, 3.05) is 6.61 Å². The summed E-state index contributed by atoms with van der Waals surface area (Å²) >= 11 is 0. The van der Waals surface area contributed by atoms with Gasteiger partial charge in [0.15, 0.2) is 5.70 Å². The van der Waals surface area contributed by atoms with Gasteiger partial charge in [-0.25, -0.2) is 9.79 Å². The summed E-state index contributed by atoms with van der Waals surface area (Å²) < 4.78 is 11.0. The van der Waals surface area contributed by atoms with Crippen LogP contribution in [0.25, 0.3) is 6.08 Å². The van der Waals surface area contributed by atoms with E-state index < -0.39 is 5.97 Å². The molecular formula is C22H23NO3. The van der Waals surface area contributed by atoms with E-state index in [0.717, 1.165) is 11.1 Å². The SMILES string of the molecule is CCOc1ccccc1/C=C1\N=C(c2ccc(C(C)(C)C)cc2)OC1=O. The van der Waals surface area contributed by atoms with Crippen LogP contribution in [-0.4, -0.2) is 18.5 Å². The normalized spacial score (nSPS) is 15.8. The van der Waals surface area contributed by atoms with E-state index in [1.165, 1.54) is 5.56 Å². The van der Waals surface area contributed by atoms with E-state index in [0.29, 0.717) is 18.3 Å². The summed E-state index contributed by atoms with van der Waals surface area (Å²) in [6.07, 6.45) is 1.70. The molecule has 2 aromatic carbocycles. The van der Waals surface area contributed by atoms with Gasteiger partial charge in [-0.05, 0) is 42.2 Å². The lowest BCUT2D eigenvalue weighted by Gasteiger charge is -2.18. The van der Waals surface area contributed by atoms with Crippen LogP contribution in [0.3, 0.4) is 0 Å². The number of rotatable bonds is 4. The van der Waals surface area contributed by atoms with Gasteiger partial charge < -0.3 is 9.47 Å². The number of benzene rings is 2. The minimum Gasteiger partial charge on any atom is -0.493 e. The first kappa shape index (κ1) is 17.9. The highest BCUT2D eigenvalue weighted by molar-refractivity contribution is 6.12. The monoisotopic (exact) mass is 349 g/mol. The van der Waals surface area contributed by atoms with Gasteiger partial charge in [-0.3, -0.25) is 0 Å². The number of esters is 1. The summed E-state index contributed by atoms with van der Waals surface area (Å²) in [4.78, 5) is 16.6. The highest BCUT2D eigenvalue weighted by Crippen LogP contribution is 2.26. The number of cyclic esters (lactones) is 1. The molecule has 0 amide bonds. The second-order valence-corrected chi connectivity index (χ2v) is 7.13. The number of para-hydroxylation sites is 1. The van der Waals surface area contributed by atoms with Gasteiger partial charge in [0.05, 0.1) is 6.61 Å². The van der Waals surface area contributed by atoms with Crippen molar-refractivity contribution in [2.45, 2.75) is 33.1 Å². The Morgan fingerprint density at radius 2 is 1.77 bits per heavy atom. The molecule has 0 fully saturated rings. The third-order valence-corrected chi connectivity index (χ3v) is 4.13. The van der Waals surface area contributed by atoms with Crippen LogP contribution in [0.5, 0.6) is 5.75 Å². The average molecular weight is 349 g/mol. The van der Waals surface area contributed by atoms with Gasteiger partial charge in [0.25, 0.3) is 0 Å². The van der Waals surface area contributed by atoms with Gasteiger partial charge >= 0.3 is 5.97 Å². The predicted molar refractivity (Wildman–Crippen MR) is 103 cm³/mol. The van der Waals surface area contributed by atoms with Crippen LogP contribution in [0.2, 0.25) is 0 Å². The first-order chi connectivity index (χ1) is 12.4. The number of ether oxygens (including phenoxy) is 2. The average Bonchev–Trinajstić information content (AvgIpc) is 2.97. The Hall–Kier alpha value is -2.88. The molecule has 0 aromatic heterocycles. The van der Waals surface area contributed by atoms with E-state index in [1.807, 2.05) is 55.5 Å². The summed E-state index contributed by atoms with van der Waals surface area (Å²) in [5, 5.41) is 0. The fraction of sp³-hybridized carbons (Fsp3) is 0.273. The van der Waals surface area contributed by atoms with Crippen LogP contribution in [0.15, 0.2) is 59.2 Å². The summed E-state index contributed by atoms with van der Waals surface area (Å²) in [6.45, 7) is 8.95. The number of hydrogen-bond acceptors (Lipinski definition) is 4. The van der Waals surface area contributed by atoms with Gasteiger partial charge in [0.2, 0.25) is 5.90 Å². The smallest absolute Gasteiger partial charge is 0.363 e. The molecule has 0 atom stereocenters. The maximum Gasteiger partial charge on any atom is 0.363 e. The van der Waals surface area contributed by atoms with Crippen molar-refractivity contribution in [3.05, 3.63) is 70.9 Å². The molecule has 0 saturated carbocycles. The fourth-order valence-electron chi connectivity index (χ4n) is 2.68. The summed E-state index contributed by atoms with van der Waals surface area (Å²) in [7, 11) is 0. The molecular weight excluding hydrogens is 326 g/mol. The number of aliphatic imine (C=N–C) groups is 1. The highest BCUT2D eigenvalue weighted by atomic mass is 16.6. The highest BCUT2D eigenvalue weighted by Gasteiger charge is 2.25. The van der Waals surface area contributed by atoms with Crippen LogP contribution in [0, 0.1) is 0 Å². The summed E-state index contributed by atoms with van der Waals surface area (Å²) in [5.41, 5.74) is 3.14. The third kappa shape index (κ3) is 3.85. The molecule has 2 aromatic rings. The van der Waals surface area contributed by atoms with E-state index in [1.54, 1.807) is 6.08 Å². The van der Waals surface area contributed by atoms with Gasteiger partial charge in [-0.15, -0.1) is 0 Å². The molecule has 4 heteroatoms. The van der Waals surface area contributed by atoms with Crippen molar-refractivity contribution < 1.29 is 14.3 Å². The van der Waals surface area contributed by atoms with Crippen LogP contribution in [0.4, 0.5) is 0 Å². The van der Waals surface area contributed by atoms with Crippen LogP contribution in [0.1, 0.15) is 44.4 Å². The lowest BCUT2D eigenvalue weighted by molar-refractivity contribution is -0.129. The summed E-state index contributed by atoms with van der Waals surface area (Å²) in [5.74, 6) is 0.593. The Morgan fingerprint density at radius 1 is 1.08 bits per heavy atom. The molecule has 3 rings (SSSR count). The topological polar surface area (TPSA) is 47.9 Å². The molecule has 0 N–H and O–H groups in total. The van der Waals surface area contributed by atoms with E-state index in [2.05, 4.69) is 25.8 Å². The number of carbonyl (C=O) groups is 1. The number of carbonyl (C=O) groups excluding carboxylic acids is 1. The molecule has 0 unspecified atom stereocenters. The number of hydrogen-bond donors (Lipinski definition) is 0. The molecule has 0 saturated heterocycles. The Balaban J connectivity index is 1.90. The Kier molecular flexibility index (Phi) is 4.94. The quantitative estimate of drug-likeness (QED) is 0.592. The summed E-state index contributed by atoms with van der Waals surface area (Å²) in [6, 6.07) is 15.5. The second kappa shape index (κ2) is 7.16. The minimum absolute atomic E-state index is 0.0702. The van der Waals surface area contributed by atoms with Crippen molar-refractivity contribution in [1.82, 2.24) is 0 Å². The maximum absolute atomic E-state index is 12.2. The van der Waals surface area contributed by atoms with E-state index in [9.17, 15) is 4.79 Å². The minimum atomic E-state index is -0.453. The first-order valence-corrected chi connectivity index (χ1v) is 8.74. The first-order valence-electron chi connectivity index (χ1n) is 8.74. The number of nitrogens with zero attached hydrogens (tertiary/aromatic N) is 1. The lowest BCUT2D eigenvalue weighted by Crippen LogP contribution is -2.11. The largest absolute Gasteiger partial charge is 0.493 e. The fourth-order valence-corrected chi connectivity index (χ4v) is 2.68. The predicted octanol–water partition coefficient (Wildman–Crippen LogP) is 4.73. The maximum atomic E-state index is 12.2. The molecule has 26 heavy (non-hydrogen) atoms. The van der Waals surface area contributed by atoms with E-state index in [-0.39, 0.29) is 11.1 Å². The molecule has 134 valence electrons. The molecule has 0 aliphatic carbocycles. The zero-order valence-corrected chi connectivity index (χ0v) is 15.6. The molecule has 0 radical (unpaired) electrons. The Morgan fingerprint density at radius 3 is 2.42 bits per heavy atom. The van der Waals surface area contributed by atoms with Crippen LogP contribution >= 0.6 is 0 Å². The van der Waals surface area contributed by atoms with Crippen molar-refractivity contribution >= 4 is 17.9 Å². The standard InChI is InChI=1S/C22H23NO3/c1-5-25-19-9-7-6-8-16(19)14-18-21(24)26-20(23-18)15-10-12-17(13-11-15)22(2,3)4/h6-14H,5H2,1-4H3/b18-14-. The Bertz CT molecular complexity index is 871. The zero-order chi connectivity index (χ0) is 18.7. The Labute approximate surface area is 154 Å². The van der Waals surface area contributed by atoms with E-state index in [4.69, 9.17) is 9.47 Å².